The average Bonchev–Trinajstić information content (AvgIpc) is 2.94. The van der Waals surface area contributed by atoms with Gasteiger partial charge < -0.3 is 4.98 Å². The fourth-order valence-electron chi connectivity index (χ4n) is 1.66. The Kier molecular flexibility index (Phi) is 1.97. The number of H-pyrrole nitrogens is 1. The summed E-state index contributed by atoms with van der Waals surface area (Å²) in [6.45, 7) is 1.81. The standard InChI is InChI=1S/C10H8N6O/c1-6-7(3-17)2-15-16(6)10-8-9(12-4-11-8)13-5-14-10/h2-5H,1H3,(H,11,12,13,14). The number of nitrogens with zero attached hydrogens (tertiary/aromatic N) is 5. The quantitative estimate of drug-likeness (QED) is 0.651. The lowest BCUT2D eigenvalue weighted by molar-refractivity contribution is 0.112. The number of carbonyl (C=O) groups is 1. The minimum absolute atomic E-state index is 0.538. The van der Waals surface area contributed by atoms with Crippen molar-refractivity contribution >= 4 is 17.5 Å². The number of nitrogens with one attached hydrogen (secondary N) is 1. The van der Waals surface area contributed by atoms with E-state index in [1.807, 2.05) is 0 Å². The molecular formula is C10H8N6O. The summed E-state index contributed by atoms with van der Waals surface area (Å²) in [5.74, 6) is 0.582. The summed E-state index contributed by atoms with van der Waals surface area (Å²) in [7, 11) is 0. The molecule has 3 aromatic heterocycles. The highest BCUT2D eigenvalue weighted by atomic mass is 16.1. The largest absolute Gasteiger partial charge is 0.340 e. The van der Waals surface area contributed by atoms with Gasteiger partial charge in [-0.05, 0) is 6.92 Å². The van der Waals surface area contributed by atoms with Crippen LogP contribution in [0, 0.1) is 6.92 Å². The van der Waals surface area contributed by atoms with Crippen molar-refractivity contribution in [2.24, 2.45) is 0 Å². The number of hydrogen-bond donors (Lipinski definition) is 1. The highest BCUT2D eigenvalue weighted by molar-refractivity contribution is 5.79. The summed E-state index contributed by atoms with van der Waals surface area (Å²) in [5.41, 5.74) is 2.53. The molecule has 7 heteroatoms. The molecule has 0 fully saturated rings. The lowest BCUT2D eigenvalue weighted by Crippen LogP contribution is -2.03. The number of fused-ring (bicyclic) bond motifs is 1. The van der Waals surface area contributed by atoms with E-state index in [1.54, 1.807) is 17.9 Å². The lowest BCUT2D eigenvalue weighted by atomic mass is 10.3. The number of imidazole rings is 1. The van der Waals surface area contributed by atoms with E-state index in [0.29, 0.717) is 22.5 Å². The van der Waals surface area contributed by atoms with Gasteiger partial charge in [-0.1, -0.05) is 0 Å². The molecule has 1 N–H and O–H groups in total. The first kappa shape index (κ1) is 9.64. The van der Waals surface area contributed by atoms with Gasteiger partial charge in [0.1, 0.15) is 11.8 Å². The molecule has 0 spiro atoms. The number of aromatic amines is 1. The van der Waals surface area contributed by atoms with E-state index in [-0.39, 0.29) is 0 Å². The van der Waals surface area contributed by atoms with Crippen LogP contribution in [0.15, 0.2) is 18.9 Å². The zero-order valence-electron chi connectivity index (χ0n) is 8.95. The van der Waals surface area contributed by atoms with Crippen molar-refractivity contribution in [2.45, 2.75) is 6.92 Å². The van der Waals surface area contributed by atoms with Crippen LogP contribution in [0.2, 0.25) is 0 Å². The molecule has 0 amide bonds. The van der Waals surface area contributed by atoms with Crippen LogP contribution in [0.5, 0.6) is 0 Å². The number of carbonyl (C=O) groups excluding carboxylic acids is 1. The average molecular weight is 228 g/mol. The van der Waals surface area contributed by atoms with Gasteiger partial charge in [-0.2, -0.15) is 5.10 Å². The third kappa shape index (κ3) is 1.32. The summed E-state index contributed by atoms with van der Waals surface area (Å²) in [6, 6.07) is 0. The Hall–Kier alpha value is -2.57. The van der Waals surface area contributed by atoms with Crippen molar-refractivity contribution in [1.82, 2.24) is 29.7 Å². The van der Waals surface area contributed by atoms with Crippen LogP contribution in [0.1, 0.15) is 16.1 Å². The van der Waals surface area contributed by atoms with Crippen molar-refractivity contribution in [1.29, 1.82) is 0 Å². The van der Waals surface area contributed by atoms with Gasteiger partial charge in [0.15, 0.2) is 17.8 Å². The maximum atomic E-state index is 10.8. The first-order chi connectivity index (χ1) is 8.31. The summed E-state index contributed by atoms with van der Waals surface area (Å²) in [6.07, 6.45) is 5.24. The van der Waals surface area contributed by atoms with Crippen molar-refractivity contribution < 1.29 is 4.79 Å². The fraction of sp³-hybridized carbons (Fsp3) is 0.100. The van der Waals surface area contributed by atoms with Crippen LogP contribution in [0.4, 0.5) is 0 Å². The fourth-order valence-corrected chi connectivity index (χ4v) is 1.66. The molecule has 0 atom stereocenters. The van der Waals surface area contributed by atoms with Gasteiger partial charge in [0.2, 0.25) is 0 Å². The molecule has 0 aliphatic heterocycles. The Labute approximate surface area is 95.5 Å². The molecule has 3 rings (SSSR count). The molecule has 0 radical (unpaired) electrons. The second-order valence-corrected chi connectivity index (χ2v) is 3.51. The minimum atomic E-state index is 0.538. The third-order valence-corrected chi connectivity index (χ3v) is 2.58. The van der Waals surface area contributed by atoms with Crippen molar-refractivity contribution in [3.8, 4) is 5.82 Å². The van der Waals surface area contributed by atoms with Crippen molar-refractivity contribution in [3.63, 3.8) is 0 Å². The van der Waals surface area contributed by atoms with Gasteiger partial charge in [0.25, 0.3) is 0 Å². The van der Waals surface area contributed by atoms with Crippen molar-refractivity contribution in [3.05, 3.63) is 30.1 Å². The summed E-state index contributed by atoms with van der Waals surface area (Å²) >= 11 is 0. The number of aromatic nitrogens is 6. The number of rotatable bonds is 2. The summed E-state index contributed by atoms with van der Waals surface area (Å²) in [5, 5.41) is 4.13. The third-order valence-electron chi connectivity index (χ3n) is 2.58. The van der Waals surface area contributed by atoms with Gasteiger partial charge in [0, 0.05) is 0 Å². The molecule has 7 nitrogen and oxygen atoms in total. The first-order valence-corrected chi connectivity index (χ1v) is 4.95. The van der Waals surface area contributed by atoms with E-state index < -0.39 is 0 Å². The van der Waals surface area contributed by atoms with Gasteiger partial charge in [0.05, 0.1) is 23.8 Å². The van der Waals surface area contributed by atoms with E-state index >= 15 is 0 Å². The molecule has 0 aliphatic carbocycles. The molecule has 3 heterocycles. The van der Waals surface area contributed by atoms with E-state index in [1.165, 1.54) is 12.5 Å². The van der Waals surface area contributed by atoms with E-state index in [9.17, 15) is 4.79 Å². The van der Waals surface area contributed by atoms with Gasteiger partial charge in [-0.25, -0.2) is 19.6 Å². The molecule has 0 unspecified atom stereocenters. The molecule has 0 bridgehead atoms. The van der Waals surface area contributed by atoms with Crippen molar-refractivity contribution in [2.75, 3.05) is 0 Å². The topological polar surface area (TPSA) is 89.3 Å². The first-order valence-electron chi connectivity index (χ1n) is 4.95. The summed E-state index contributed by atoms with van der Waals surface area (Å²) in [4.78, 5) is 26.0. The molecule has 0 aliphatic rings. The minimum Gasteiger partial charge on any atom is -0.340 e. The zero-order chi connectivity index (χ0) is 11.8. The van der Waals surface area contributed by atoms with Crippen LogP contribution in [-0.4, -0.2) is 36.0 Å². The maximum absolute atomic E-state index is 10.8. The molecule has 3 aromatic rings. The van der Waals surface area contributed by atoms with Gasteiger partial charge in [-0.15, -0.1) is 0 Å². The van der Waals surface area contributed by atoms with Crippen LogP contribution in [0.3, 0.4) is 0 Å². The lowest BCUT2D eigenvalue weighted by Gasteiger charge is -2.03. The smallest absolute Gasteiger partial charge is 0.182 e. The van der Waals surface area contributed by atoms with E-state index in [2.05, 4.69) is 25.0 Å². The normalized spacial score (nSPS) is 10.9. The predicted molar refractivity (Wildman–Crippen MR) is 58.9 cm³/mol. The Bertz CT molecular complexity index is 698. The Morgan fingerprint density at radius 2 is 2.24 bits per heavy atom. The Morgan fingerprint density at radius 1 is 1.35 bits per heavy atom. The molecule has 17 heavy (non-hydrogen) atoms. The predicted octanol–water partition coefficient (Wildman–Crippen LogP) is 0.660. The highest BCUT2D eigenvalue weighted by Crippen LogP contribution is 2.16. The molecular weight excluding hydrogens is 220 g/mol. The second kappa shape index (κ2) is 3.48. The van der Waals surface area contributed by atoms with E-state index in [4.69, 9.17) is 0 Å². The monoisotopic (exact) mass is 228 g/mol. The second-order valence-electron chi connectivity index (χ2n) is 3.51. The zero-order valence-corrected chi connectivity index (χ0v) is 8.95. The number of hydrogen-bond acceptors (Lipinski definition) is 5. The van der Waals surface area contributed by atoms with Gasteiger partial charge >= 0.3 is 0 Å². The molecule has 84 valence electrons. The molecule has 0 aromatic carbocycles. The van der Waals surface area contributed by atoms with E-state index in [0.717, 1.165) is 12.0 Å². The van der Waals surface area contributed by atoms with Crippen LogP contribution < -0.4 is 0 Å². The van der Waals surface area contributed by atoms with Gasteiger partial charge in [-0.3, -0.25) is 4.79 Å². The summed E-state index contributed by atoms with van der Waals surface area (Å²) < 4.78 is 1.59. The Balaban J connectivity index is 2.30. The Morgan fingerprint density at radius 3 is 3.00 bits per heavy atom. The molecule has 0 saturated heterocycles. The van der Waals surface area contributed by atoms with Crippen LogP contribution in [0.25, 0.3) is 17.0 Å². The van der Waals surface area contributed by atoms with Crippen LogP contribution in [-0.2, 0) is 0 Å². The highest BCUT2D eigenvalue weighted by Gasteiger charge is 2.12. The molecule has 0 saturated carbocycles. The maximum Gasteiger partial charge on any atom is 0.182 e. The SMILES string of the molecule is Cc1c(C=O)cnn1-c1ncnc2nc[nH]c12. The van der Waals surface area contributed by atoms with Crippen LogP contribution >= 0.6 is 0 Å². The number of aldehydes is 1.